The smallest absolute Gasteiger partial charge is 0.220 e. The summed E-state index contributed by atoms with van der Waals surface area (Å²) in [4.78, 5) is 12.1. The molecule has 7 heteroatoms. The summed E-state index contributed by atoms with van der Waals surface area (Å²) in [5, 5.41) is 13.1. The number of methoxy groups -OCH3 is 1. The van der Waals surface area contributed by atoms with Crippen LogP contribution in [0, 0.1) is 17.8 Å². The fraction of sp³-hybridized carbons (Fsp3) is 0.519. The second kappa shape index (κ2) is 10.4. The Bertz CT molecular complexity index is 1100. The summed E-state index contributed by atoms with van der Waals surface area (Å²) >= 11 is 1.76. The van der Waals surface area contributed by atoms with Crippen LogP contribution in [0.25, 0.3) is 5.69 Å². The molecule has 2 atom stereocenters. The van der Waals surface area contributed by atoms with Gasteiger partial charge in [0.1, 0.15) is 11.6 Å². The molecule has 1 N–H and O–H groups in total. The van der Waals surface area contributed by atoms with E-state index >= 15 is 0 Å². The van der Waals surface area contributed by atoms with Crippen LogP contribution in [0.2, 0.25) is 0 Å². The molecule has 34 heavy (non-hydrogen) atoms. The van der Waals surface area contributed by atoms with Crippen LogP contribution < -0.4 is 10.1 Å². The minimum Gasteiger partial charge on any atom is -0.497 e. The Hall–Kier alpha value is -2.54. The number of unbranched alkanes of at least 4 members (excludes halogenated alkanes) is 1. The largest absolute Gasteiger partial charge is 0.497 e. The van der Waals surface area contributed by atoms with E-state index in [1.807, 2.05) is 18.2 Å². The molecule has 2 unspecified atom stereocenters. The lowest BCUT2D eigenvalue weighted by Gasteiger charge is -2.13. The number of benzene rings is 1. The fourth-order valence-corrected chi connectivity index (χ4v) is 5.74. The monoisotopic (exact) mass is 478 g/mol. The summed E-state index contributed by atoms with van der Waals surface area (Å²) < 4.78 is 7.63. The number of nitrogens with zero attached hydrogens (tertiary/aromatic N) is 3. The number of carbonyl (C=O) groups excluding carboxylic acids is 1. The van der Waals surface area contributed by atoms with E-state index in [-0.39, 0.29) is 5.91 Å². The average Bonchev–Trinajstić information content (AvgIpc) is 3.78. The molecule has 6 nitrogen and oxygen atoms in total. The fourth-order valence-electron chi connectivity index (χ4n) is 4.70. The maximum atomic E-state index is 12.1. The molecule has 0 aliphatic heterocycles. The molecule has 3 aliphatic rings. The Morgan fingerprint density at radius 2 is 2.09 bits per heavy atom. The van der Waals surface area contributed by atoms with Crippen molar-refractivity contribution in [1.82, 2.24) is 20.1 Å². The molecule has 1 amide bonds. The summed E-state index contributed by atoms with van der Waals surface area (Å²) in [5.74, 6) is 5.06. The Morgan fingerprint density at radius 3 is 2.91 bits per heavy atom. The molecule has 0 saturated heterocycles. The van der Waals surface area contributed by atoms with Gasteiger partial charge in [0, 0.05) is 31.2 Å². The lowest BCUT2D eigenvalue weighted by Crippen LogP contribution is -2.25. The molecule has 2 fully saturated rings. The van der Waals surface area contributed by atoms with E-state index < -0.39 is 0 Å². The number of aromatic nitrogens is 3. The summed E-state index contributed by atoms with van der Waals surface area (Å²) in [6, 6.07) is 8.07. The van der Waals surface area contributed by atoms with Gasteiger partial charge in [0.25, 0.3) is 0 Å². The number of hydrogen-bond donors (Lipinski definition) is 1. The number of nitrogens with one attached hydrogen (secondary N) is 1. The second-order valence-corrected chi connectivity index (χ2v) is 10.7. The quantitative estimate of drug-likeness (QED) is 0.338. The van der Waals surface area contributed by atoms with Gasteiger partial charge in [-0.1, -0.05) is 41.1 Å². The molecule has 5 rings (SSSR count). The zero-order valence-corrected chi connectivity index (χ0v) is 20.9. The topological polar surface area (TPSA) is 69.0 Å². The average molecular weight is 479 g/mol. The highest BCUT2D eigenvalue weighted by Gasteiger charge is 2.42. The van der Waals surface area contributed by atoms with Crippen LogP contribution in [0.1, 0.15) is 51.3 Å². The van der Waals surface area contributed by atoms with Crippen LogP contribution in [0.3, 0.4) is 0 Å². The van der Waals surface area contributed by atoms with Crippen LogP contribution in [0.5, 0.6) is 5.75 Å². The molecule has 0 radical (unpaired) electrons. The van der Waals surface area contributed by atoms with Gasteiger partial charge in [0.2, 0.25) is 5.91 Å². The first kappa shape index (κ1) is 23.2. The van der Waals surface area contributed by atoms with Crippen LogP contribution in [0.4, 0.5) is 0 Å². The van der Waals surface area contributed by atoms with Crippen LogP contribution in [0.15, 0.2) is 52.7 Å². The van der Waals surface area contributed by atoms with Crippen molar-refractivity contribution in [1.29, 1.82) is 0 Å². The summed E-state index contributed by atoms with van der Waals surface area (Å²) in [7, 11) is 1.69. The zero-order valence-electron chi connectivity index (χ0n) is 20.1. The zero-order chi connectivity index (χ0) is 23.5. The van der Waals surface area contributed by atoms with E-state index in [4.69, 9.17) is 4.74 Å². The van der Waals surface area contributed by atoms with Crippen molar-refractivity contribution in [2.24, 2.45) is 17.8 Å². The van der Waals surface area contributed by atoms with Crippen LogP contribution in [-0.2, 0) is 11.2 Å². The molecule has 1 aromatic carbocycles. The first-order valence-electron chi connectivity index (χ1n) is 12.5. The van der Waals surface area contributed by atoms with Crippen molar-refractivity contribution in [2.75, 3.05) is 19.4 Å². The van der Waals surface area contributed by atoms with Crippen molar-refractivity contribution < 1.29 is 9.53 Å². The van der Waals surface area contributed by atoms with Gasteiger partial charge < -0.3 is 10.1 Å². The first-order chi connectivity index (χ1) is 16.6. The SMILES string of the molecule is COc1cccc(-n2c(CCCCC(=O)NCC3CC3)nnc2SCC2=CC=C(C)C3CC23)c1. The van der Waals surface area contributed by atoms with E-state index in [1.54, 1.807) is 18.9 Å². The Balaban J connectivity index is 1.25. The number of rotatable bonds is 12. The van der Waals surface area contributed by atoms with Crippen molar-refractivity contribution in [3.05, 3.63) is 53.4 Å². The van der Waals surface area contributed by atoms with E-state index in [0.29, 0.717) is 6.42 Å². The number of amides is 1. The number of carbonyl (C=O) groups is 1. The van der Waals surface area contributed by atoms with E-state index in [1.165, 1.54) is 30.4 Å². The van der Waals surface area contributed by atoms with Gasteiger partial charge in [-0.2, -0.15) is 0 Å². The van der Waals surface area contributed by atoms with Crippen molar-refractivity contribution >= 4 is 17.7 Å². The van der Waals surface area contributed by atoms with Gasteiger partial charge in [-0.15, -0.1) is 10.2 Å². The van der Waals surface area contributed by atoms with E-state index in [0.717, 1.165) is 71.7 Å². The third-order valence-electron chi connectivity index (χ3n) is 7.13. The Kier molecular flexibility index (Phi) is 7.09. The van der Waals surface area contributed by atoms with Gasteiger partial charge in [-0.05, 0) is 68.9 Å². The molecular formula is C27H34N4O2S. The van der Waals surface area contributed by atoms with Gasteiger partial charge >= 0.3 is 0 Å². The van der Waals surface area contributed by atoms with E-state index in [9.17, 15) is 4.79 Å². The number of thioether (sulfide) groups is 1. The lowest BCUT2D eigenvalue weighted by molar-refractivity contribution is -0.121. The number of aryl methyl sites for hydroxylation is 1. The number of ether oxygens (including phenoxy) is 1. The molecule has 0 bridgehead atoms. The van der Waals surface area contributed by atoms with Gasteiger partial charge in [-0.25, -0.2) is 0 Å². The molecule has 0 spiro atoms. The Morgan fingerprint density at radius 1 is 1.21 bits per heavy atom. The highest BCUT2D eigenvalue weighted by atomic mass is 32.2. The predicted octanol–water partition coefficient (Wildman–Crippen LogP) is 5.13. The van der Waals surface area contributed by atoms with Crippen LogP contribution in [-0.4, -0.2) is 40.1 Å². The number of fused-ring (bicyclic) bond motifs is 1. The molecule has 3 aliphatic carbocycles. The molecule has 2 saturated carbocycles. The summed E-state index contributed by atoms with van der Waals surface area (Å²) in [6.45, 7) is 3.09. The second-order valence-electron chi connectivity index (χ2n) is 9.78. The normalized spacial score (nSPS) is 20.9. The van der Waals surface area contributed by atoms with Crippen molar-refractivity contribution in [2.45, 2.75) is 57.0 Å². The van der Waals surface area contributed by atoms with Crippen molar-refractivity contribution in [3.8, 4) is 11.4 Å². The maximum Gasteiger partial charge on any atom is 0.220 e. The molecule has 1 aromatic heterocycles. The van der Waals surface area contributed by atoms with E-state index in [2.05, 4.69) is 45.2 Å². The minimum absolute atomic E-state index is 0.167. The third-order valence-corrected chi connectivity index (χ3v) is 8.13. The first-order valence-corrected chi connectivity index (χ1v) is 13.5. The van der Waals surface area contributed by atoms with Crippen molar-refractivity contribution in [3.63, 3.8) is 0 Å². The standard InChI is InChI=1S/C27H34N4O2S/c1-18-10-13-20(24-15-23(18)24)17-34-27-30-29-25(31(27)21-6-5-7-22(14-21)33-2)8-3-4-9-26(32)28-16-19-11-12-19/h5-7,10,13-14,19,23-24H,3-4,8-9,11-12,15-17H2,1-2H3,(H,28,32). The van der Waals surface area contributed by atoms with Gasteiger partial charge in [0.15, 0.2) is 5.16 Å². The van der Waals surface area contributed by atoms with Crippen LogP contribution >= 0.6 is 11.8 Å². The van der Waals surface area contributed by atoms with Gasteiger partial charge in [-0.3, -0.25) is 9.36 Å². The molecule has 2 aromatic rings. The predicted molar refractivity (Wildman–Crippen MR) is 135 cm³/mol. The minimum atomic E-state index is 0.167. The third kappa shape index (κ3) is 5.57. The molecule has 1 heterocycles. The molecular weight excluding hydrogens is 444 g/mol. The number of hydrogen-bond acceptors (Lipinski definition) is 5. The number of allylic oxidation sites excluding steroid dienone is 3. The molecule has 180 valence electrons. The highest BCUT2D eigenvalue weighted by Crippen LogP contribution is 2.52. The van der Waals surface area contributed by atoms with Gasteiger partial charge in [0.05, 0.1) is 12.8 Å². The lowest BCUT2D eigenvalue weighted by atomic mass is 10.0. The Labute approximate surface area is 206 Å². The summed E-state index contributed by atoms with van der Waals surface area (Å²) in [5.41, 5.74) is 4.04. The maximum absolute atomic E-state index is 12.1. The summed E-state index contributed by atoms with van der Waals surface area (Å²) in [6.07, 6.45) is 11.5. The highest BCUT2D eigenvalue weighted by molar-refractivity contribution is 7.99.